The monoisotopic (exact) mass is 374 g/mol. The van der Waals surface area contributed by atoms with E-state index in [4.69, 9.17) is 12.2 Å². The Hall–Kier alpha value is -2.39. The summed E-state index contributed by atoms with van der Waals surface area (Å²) in [5, 5.41) is 19.4. The van der Waals surface area contributed by atoms with Crippen LogP contribution in [0.2, 0.25) is 0 Å². The first kappa shape index (κ1) is 17.4. The van der Waals surface area contributed by atoms with Crippen LogP contribution in [0.25, 0.3) is 15.5 Å². The van der Waals surface area contributed by atoms with Gasteiger partial charge in [0.1, 0.15) is 5.01 Å². The second-order valence-corrected chi connectivity index (χ2v) is 6.90. The van der Waals surface area contributed by atoms with Crippen LogP contribution in [-0.2, 0) is 4.79 Å². The van der Waals surface area contributed by atoms with Crippen molar-refractivity contribution in [2.45, 2.75) is 33.1 Å². The number of hydrogen-bond acceptors (Lipinski definition) is 6. The molecule has 3 aromatic rings. The molecule has 25 heavy (non-hydrogen) atoms. The lowest BCUT2D eigenvalue weighted by atomic mass is 10.2. The zero-order valence-corrected chi connectivity index (χ0v) is 15.6. The molecule has 0 saturated heterocycles. The highest BCUT2D eigenvalue weighted by atomic mass is 32.1. The van der Waals surface area contributed by atoms with Gasteiger partial charge in [0, 0.05) is 17.7 Å². The number of aromatic nitrogens is 4. The Morgan fingerprint density at radius 1 is 1.28 bits per heavy atom. The maximum atomic E-state index is 11.7. The van der Waals surface area contributed by atoms with E-state index in [1.165, 1.54) is 11.3 Å². The van der Waals surface area contributed by atoms with Crippen molar-refractivity contribution in [3.05, 3.63) is 30.1 Å². The minimum Gasteiger partial charge on any atom is -0.332 e. The molecule has 2 N–H and O–H groups in total. The number of fused-ring (bicyclic) bond motifs is 1. The van der Waals surface area contributed by atoms with Gasteiger partial charge in [-0.05, 0) is 49.8 Å². The molecule has 0 bridgehead atoms. The molecule has 2 aromatic heterocycles. The van der Waals surface area contributed by atoms with Gasteiger partial charge in [-0.25, -0.2) is 0 Å². The first-order valence-electron chi connectivity index (χ1n) is 7.97. The number of hydrogen-bond donors (Lipinski definition) is 2. The van der Waals surface area contributed by atoms with Gasteiger partial charge in [0.2, 0.25) is 10.9 Å². The lowest BCUT2D eigenvalue weighted by molar-refractivity contribution is -0.119. The van der Waals surface area contributed by atoms with Gasteiger partial charge in [-0.2, -0.15) is 9.61 Å². The van der Waals surface area contributed by atoms with Crippen molar-refractivity contribution in [3.8, 4) is 10.6 Å². The number of nitrogens with zero attached hydrogens (tertiary/aromatic N) is 4. The Bertz CT molecular complexity index is 899. The number of thiocarbonyl (C=S) groups is 1. The number of anilines is 1. The van der Waals surface area contributed by atoms with E-state index in [1.807, 2.05) is 38.1 Å². The molecule has 0 atom stereocenters. The standard InChI is InChI=1S/C16H18N6OS2/c1-3-4-5-13(23)18-15(24)17-12-8-6-11(7-9-12)14-21-22-10(2)19-20-16(22)25-14/h6-9H,3-5H2,1-2H3,(H2,17,18,23,24). The van der Waals surface area contributed by atoms with E-state index >= 15 is 0 Å². The summed E-state index contributed by atoms with van der Waals surface area (Å²) in [6.45, 7) is 3.91. The van der Waals surface area contributed by atoms with Crippen LogP contribution in [0.15, 0.2) is 24.3 Å². The Labute approximate surface area is 154 Å². The molecule has 0 fully saturated rings. The quantitative estimate of drug-likeness (QED) is 0.668. The Kier molecular flexibility index (Phi) is 5.34. The third kappa shape index (κ3) is 4.18. The summed E-state index contributed by atoms with van der Waals surface area (Å²) in [6.07, 6.45) is 2.32. The maximum absolute atomic E-state index is 11.7. The van der Waals surface area contributed by atoms with E-state index in [0.29, 0.717) is 11.5 Å². The number of unbranched alkanes of at least 4 members (excludes halogenated alkanes) is 1. The normalized spacial score (nSPS) is 10.8. The van der Waals surface area contributed by atoms with Crippen LogP contribution in [0.3, 0.4) is 0 Å². The maximum Gasteiger partial charge on any atom is 0.234 e. The SMILES string of the molecule is CCCCC(=O)NC(=S)Nc1ccc(-c2nn3c(C)nnc3s2)cc1. The van der Waals surface area contributed by atoms with Gasteiger partial charge in [-0.15, -0.1) is 10.2 Å². The van der Waals surface area contributed by atoms with E-state index in [2.05, 4.69) is 25.9 Å². The third-order valence-electron chi connectivity index (χ3n) is 3.55. The summed E-state index contributed by atoms with van der Waals surface area (Å²) in [4.78, 5) is 12.4. The van der Waals surface area contributed by atoms with Crippen molar-refractivity contribution in [3.63, 3.8) is 0 Å². The molecule has 0 aliphatic heterocycles. The second-order valence-electron chi connectivity index (χ2n) is 5.53. The fraction of sp³-hybridized carbons (Fsp3) is 0.312. The minimum atomic E-state index is -0.0638. The molecule has 2 heterocycles. The highest BCUT2D eigenvalue weighted by Gasteiger charge is 2.10. The number of rotatable bonds is 5. The number of benzene rings is 1. The van der Waals surface area contributed by atoms with Gasteiger partial charge in [0.25, 0.3) is 0 Å². The average molecular weight is 374 g/mol. The molecule has 0 saturated carbocycles. The van der Waals surface area contributed by atoms with Gasteiger partial charge in [0.15, 0.2) is 10.9 Å². The predicted octanol–water partition coefficient (Wildman–Crippen LogP) is 3.16. The van der Waals surface area contributed by atoms with Gasteiger partial charge >= 0.3 is 0 Å². The molecule has 1 amide bonds. The van der Waals surface area contributed by atoms with Crippen LogP contribution in [0.5, 0.6) is 0 Å². The van der Waals surface area contributed by atoms with Gasteiger partial charge < -0.3 is 10.6 Å². The highest BCUT2D eigenvalue weighted by molar-refractivity contribution is 7.80. The molecule has 0 spiro atoms. The molecular formula is C16H18N6OS2. The average Bonchev–Trinajstić information content (AvgIpc) is 3.16. The van der Waals surface area contributed by atoms with E-state index in [1.54, 1.807) is 4.52 Å². The lowest BCUT2D eigenvalue weighted by Crippen LogP contribution is -2.33. The smallest absolute Gasteiger partial charge is 0.234 e. The second kappa shape index (κ2) is 7.66. The summed E-state index contributed by atoms with van der Waals surface area (Å²) in [5.41, 5.74) is 1.79. The Morgan fingerprint density at radius 2 is 2.04 bits per heavy atom. The minimum absolute atomic E-state index is 0.0638. The van der Waals surface area contributed by atoms with Crippen LogP contribution in [0.1, 0.15) is 32.0 Å². The Balaban J connectivity index is 1.63. The topological polar surface area (TPSA) is 84.2 Å². The summed E-state index contributed by atoms with van der Waals surface area (Å²) >= 11 is 6.65. The van der Waals surface area contributed by atoms with Crippen molar-refractivity contribution < 1.29 is 4.79 Å². The first-order valence-corrected chi connectivity index (χ1v) is 9.19. The van der Waals surface area contributed by atoms with Gasteiger partial charge in [-0.3, -0.25) is 4.79 Å². The number of carbonyl (C=O) groups is 1. The molecule has 130 valence electrons. The largest absolute Gasteiger partial charge is 0.332 e. The number of carbonyl (C=O) groups excluding carboxylic acids is 1. The molecule has 0 unspecified atom stereocenters. The molecular weight excluding hydrogens is 356 g/mol. The number of nitrogens with one attached hydrogen (secondary N) is 2. The molecule has 0 aliphatic rings. The fourth-order valence-corrected chi connectivity index (χ4v) is 3.34. The number of aryl methyl sites for hydroxylation is 1. The molecule has 9 heteroatoms. The first-order chi connectivity index (χ1) is 12.1. The van der Waals surface area contributed by atoms with Crippen LogP contribution in [-0.4, -0.2) is 30.8 Å². The van der Waals surface area contributed by atoms with E-state index in [9.17, 15) is 4.79 Å². The lowest BCUT2D eigenvalue weighted by Gasteiger charge is -2.09. The zero-order valence-electron chi connectivity index (χ0n) is 13.9. The molecule has 1 aromatic carbocycles. The van der Waals surface area contributed by atoms with Crippen LogP contribution in [0.4, 0.5) is 5.69 Å². The molecule has 7 nitrogen and oxygen atoms in total. The van der Waals surface area contributed by atoms with Crippen molar-refractivity contribution >= 4 is 45.2 Å². The fourth-order valence-electron chi connectivity index (χ4n) is 2.22. The summed E-state index contributed by atoms with van der Waals surface area (Å²) < 4.78 is 1.73. The zero-order chi connectivity index (χ0) is 17.8. The van der Waals surface area contributed by atoms with Crippen molar-refractivity contribution in [2.24, 2.45) is 0 Å². The van der Waals surface area contributed by atoms with Crippen LogP contribution in [0, 0.1) is 6.92 Å². The molecule has 3 rings (SSSR count). The van der Waals surface area contributed by atoms with E-state index in [0.717, 1.165) is 39.9 Å². The van der Waals surface area contributed by atoms with E-state index < -0.39 is 0 Å². The van der Waals surface area contributed by atoms with Crippen molar-refractivity contribution in [1.29, 1.82) is 0 Å². The third-order valence-corrected chi connectivity index (χ3v) is 4.70. The van der Waals surface area contributed by atoms with Gasteiger partial charge in [0.05, 0.1) is 0 Å². The van der Waals surface area contributed by atoms with E-state index in [-0.39, 0.29) is 5.91 Å². The summed E-state index contributed by atoms with van der Waals surface area (Å²) in [6, 6.07) is 7.69. The molecule has 0 aliphatic carbocycles. The van der Waals surface area contributed by atoms with Crippen molar-refractivity contribution in [2.75, 3.05) is 5.32 Å². The number of amides is 1. The summed E-state index contributed by atoms with van der Waals surface area (Å²) in [7, 11) is 0. The van der Waals surface area contributed by atoms with Crippen LogP contribution < -0.4 is 10.6 Å². The van der Waals surface area contributed by atoms with Gasteiger partial charge in [-0.1, -0.05) is 24.7 Å². The summed E-state index contributed by atoms with van der Waals surface area (Å²) in [5.74, 6) is 0.700. The predicted molar refractivity (Wildman–Crippen MR) is 103 cm³/mol. The van der Waals surface area contributed by atoms with Crippen LogP contribution >= 0.6 is 23.6 Å². The Morgan fingerprint density at radius 3 is 2.72 bits per heavy atom. The highest BCUT2D eigenvalue weighted by Crippen LogP contribution is 2.26. The molecule has 0 radical (unpaired) electrons. The van der Waals surface area contributed by atoms with Crippen molar-refractivity contribution in [1.82, 2.24) is 25.1 Å².